The lowest BCUT2D eigenvalue weighted by molar-refractivity contribution is 0.281. The molecule has 0 aliphatic carbocycles. The van der Waals surface area contributed by atoms with Crippen LogP contribution in [0.4, 0.5) is 4.39 Å². The van der Waals surface area contributed by atoms with Gasteiger partial charge in [0.25, 0.3) is 0 Å². The molecule has 1 aromatic carbocycles. The number of hydrogen-bond donors (Lipinski definition) is 1. The predicted octanol–water partition coefficient (Wildman–Crippen LogP) is 1.77. The molecule has 0 unspecified atom stereocenters. The summed E-state index contributed by atoms with van der Waals surface area (Å²) in [6, 6.07) is 5.95. The summed E-state index contributed by atoms with van der Waals surface area (Å²) in [5.41, 5.74) is 1.40. The smallest absolute Gasteiger partial charge is 0.159 e. The van der Waals surface area contributed by atoms with Gasteiger partial charge in [-0.05, 0) is 24.3 Å². The van der Waals surface area contributed by atoms with Crippen molar-refractivity contribution in [2.45, 2.75) is 6.61 Å². The summed E-state index contributed by atoms with van der Waals surface area (Å²) >= 11 is 0. The fraction of sp³-hybridized carbons (Fsp3) is 0.0909. The van der Waals surface area contributed by atoms with Gasteiger partial charge in [-0.1, -0.05) is 0 Å². The number of halogens is 1. The van der Waals surface area contributed by atoms with Crippen molar-refractivity contribution in [1.29, 1.82) is 0 Å². The minimum Gasteiger partial charge on any atom is -0.392 e. The lowest BCUT2D eigenvalue weighted by atomic mass is 10.2. The van der Waals surface area contributed by atoms with E-state index in [0.717, 1.165) is 5.56 Å². The topological polar surface area (TPSA) is 46.0 Å². The van der Waals surface area contributed by atoms with Gasteiger partial charge in [0, 0.05) is 23.5 Å². The van der Waals surface area contributed by atoms with Crippen LogP contribution in [0.15, 0.2) is 36.7 Å². The van der Waals surface area contributed by atoms with Crippen molar-refractivity contribution in [3.8, 4) is 11.4 Å². The van der Waals surface area contributed by atoms with E-state index in [9.17, 15) is 4.39 Å². The van der Waals surface area contributed by atoms with E-state index >= 15 is 0 Å². The van der Waals surface area contributed by atoms with Gasteiger partial charge in [0.2, 0.25) is 0 Å². The third-order valence-electron chi connectivity index (χ3n) is 1.99. The molecule has 1 aromatic heterocycles. The highest BCUT2D eigenvalue weighted by Gasteiger charge is 2.00. The highest BCUT2D eigenvalue weighted by atomic mass is 19.1. The summed E-state index contributed by atoms with van der Waals surface area (Å²) < 4.78 is 12.6. The molecule has 1 N–H and O–H groups in total. The number of nitrogens with zero attached hydrogens (tertiary/aromatic N) is 2. The van der Waals surface area contributed by atoms with Crippen LogP contribution in [0.5, 0.6) is 0 Å². The number of rotatable bonds is 2. The van der Waals surface area contributed by atoms with Crippen molar-refractivity contribution in [1.82, 2.24) is 9.97 Å². The molecule has 1 heterocycles. The average Bonchev–Trinajstić information content (AvgIpc) is 2.30. The average molecular weight is 204 g/mol. The van der Waals surface area contributed by atoms with E-state index < -0.39 is 0 Å². The maximum atomic E-state index is 12.6. The summed E-state index contributed by atoms with van der Waals surface area (Å²) in [6.45, 7) is -0.0797. The van der Waals surface area contributed by atoms with E-state index in [1.807, 2.05) is 0 Å². The summed E-state index contributed by atoms with van der Waals surface area (Å²) in [5.74, 6) is 0.234. The second-order valence-electron chi connectivity index (χ2n) is 3.08. The monoisotopic (exact) mass is 204 g/mol. The molecule has 0 saturated heterocycles. The number of aromatic nitrogens is 2. The molecule has 0 atom stereocenters. The van der Waals surface area contributed by atoms with E-state index in [2.05, 4.69) is 9.97 Å². The van der Waals surface area contributed by atoms with Crippen LogP contribution in [0.25, 0.3) is 11.4 Å². The normalized spacial score (nSPS) is 10.3. The summed E-state index contributed by atoms with van der Waals surface area (Å²) in [5, 5.41) is 8.81. The Morgan fingerprint density at radius 1 is 1.07 bits per heavy atom. The SMILES string of the molecule is OCc1cnc(-c2ccc(F)cc2)nc1. The number of aliphatic hydroxyl groups is 1. The Bertz CT molecular complexity index is 439. The minimum atomic E-state index is -0.286. The molecule has 2 rings (SSSR count). The maximum absolute atomic E-state index is 12.6. The van der Waals surface area contributed by atoms with Crippen LogP contribution in [-0.4, -0.2) is 15.1 Å². The van der Waals surface area contributed by atoms with Crippen molar-refractivity contribution in [3.63, 3.8) is 0 Å². The van der Waals surface area contributed by atoms with E-state index in [4.69, 9.17) is 5.11 Å². The van der Waals surface area contributed by atoms with Gasteiger partial charge in [0.05, 0.1) is 6.61 Å². The lowest BCUT2D eigenvalue weighted by Gasteiger charge is -2.00. The van der Waals surface area contributed by atoms with E-state index in [1.54, 1.807) is 24.5 Å². The fourth-order valence-electron chi connectivity index (χ4n) is 1.18. The van der Waals surface area contributed by atoms with Crippen LogP contribution in [0.1, 0.15) is 5.56 Å². The molecule has 15 heavy (non-hydrogen) atoms. The quantitative estimate of drug-likeness (QED) is 0.810. The van der Waals surface area contributed by atoms with E-state index in [0.29, 0.717) is 11.4 Å². The number of aliphatic hydroxyl groups excluding tert-OH is 1. The van der Waals surface area contributed by atoms with Crippen molar-refractivity contribution >= 4 is 0 Å². The Hall–Kier alpha value is -1.81. The first kappa shape index (κ1) is 9.73. The Balaban J connectivity index is 2.33. The first-order valence-electron chi connectivity index (χ1n) is 4.47. The summed E-state index contributed by atoms with van der Waals surface area (Å²) in [6.07, 6.45) is 3.09. The zero-order chi connectivity index (χ0) is 10.7. The molecule has 0 aliphatic rings. The molecule has 0 fully saturated rings. The molecule has 76 valence electrons. The second kappa shape index (κ2) is 4.14. The van der Waals surface area contributed by atoms with Gasteiger partial charge in [0.1, 0.15) is 5.82 Å². The van der Waals surface area contributed by atoms with Crippen LogP contribution in [0.3, 0.4) is 0 Å². The Kier molecular flexibility index (Phi) is 2.69. The molecule has 4 heteroatoms. The Morgan fingerprint density at radius 3 is 2.20 bits per heavy atom. The minimum absolute atomic E-state index is 0.0797. The van der Waals surface area contributed by atoms with Gasteiger partial charge in [-0.15, -0.1) is 0 Å². The molecule has 0 saturated carbocycles. The van der Waals surface area contributed by atoms with Crippen molar-refractivity contribution in [2.24, 2.45) is 0 Å². The van der Waals surface area contributed by atoms with Crippen molar-refractivity contribution in [3.05, 3.63) is 48.0 Å². The lowest BCUT2D eigenvalue weighted by Crippen LogP contribution is -1.92. The van der Waals surface area contributed by atoms with Gasteiger partial charge in [-0.3, -0.25) is 0 Å². The van der Waals surface area contributed by atoms with Gasteiger partial charge in [-0.2, -0.15) is 0 Å². The van der Waals surface area contributed by atoms with Crippen molar-refractivity contribution < 1.29 is 9.50 Å². The zero-order valence-electron chi connectivity index (χ0n) is 7.89. The summed E-state index contributed by atoms with van der Waals surface area (Å²) in [7, 11) is 0. The van der Waals surface area contributed by atoms with Gasteiger partial charge in [-0.25, -0.2) is 14.4 Å². The molecule has 3 nitrogen and oxygen atoms in total. The Morgan fingerprint density at radius 2 is 1.67 bits per heavy atom. The highest BCUT2D eigenvalue weighted by molar-refractivity contribution is 5.54. The van der Waals surface area contributed by atoms with Crippen molar-refractivity contribution in [2.75, 3.05) is 0 Å². The van der Waals surface area contributed by atoms with Crippen LogP contribution >= 0.6 is 0 Å². The molecule has 0 bridgehead atoms. The fourth-order valence-corrected chi connectivity index (χ4v) is 1.18. The summed E-state index contributed by atoms with van der Waals surface area (Å²) in [4.78, 5) is 8.11. The first-order valence-corrected chi connectivity index (χ1v) is 4.47. The largest absolute Gasteiger partial charge is 0.392 e. The third kappa shape index (κ3) is 2.16. The molecular weight excluding hydrogens is 195 g/mol. The Labute approximate surface area is 86.3 Å². The maximum Gasteiger partial charge on any atom is 0.159 e. The molecule has 0 spiro atoms. The number of benzene rings is 1. The molecule has 0 radical (unpaired) electrons. The van der Waals surface area contributed by atoms with E-state index in [-0.39, 0.29) is 12.4 Å². The molecular formula is C11H9FN2O. The predicted molar refractivity (Wildman–Crippen MR) is 53.3 cm³/mol. The zero-order valence-corrected chi connectivity index (χ0v) is 7.89. The first-order chi connectivity index (χ1) is 7.29. The van der Waals surface area contributed by atoms with Crippen LogP contribution in [0, 0.1) is 5.82 Å². The van der Waals surface area contributed by atoms with Gasteiger partial charge < -0.3 is 5.11 Å². The standard InChI is InChI=1S/C11H9FN2O/c12-10-3-1-9(2-4-10)11-13-5-8(7-15)6-14-11/h1-6,15H,7H2. The second-order valence-corrected chi connectivity index (χ2v) is 3.08. The number of hydrogen-bond acceptors (Lipinski definition) is 3. The van der Waals surface area contributed by atoms with Gasteiger partial charge >= 0.3 is 0 Å². The van der Waals surface area contributed by atoms with E-state index in [1.165, 1.54) is 12.1 Å². The highest BCUT2D eigenvalue weighted by Crippen LogP contribution is 2.14. The molecule has 2 aromatic rings. The van der Waals surface area contributed by atoms with Crippen LogP contribution < -0.4 is 0 Å². The third-order valence-corrected chi connectivity index (χ3v) is 1.99. The molecule has 0 amide bonds. The van der Waals surface area contributed by atoms with Gasteiger partial charge in [0.15, 0.2) is 5.82 Å². The van der Waals surface area contributed by atoms with Crippen LogP contribution in [0.2, 0.25) is 0 Å². The molecule has 0 aliphatic heterocycles. The van der Waals surface area contributed by atoms with Crippen LogP contribution in [-0.2, 0) is 6.61 Å².